The van der Waals surface area contributed by atoms with Crippen molar-refractivity contribution in [1.29, 1.82) is 0 Å². The Morgan fingerprint density at radius 2 is 1.83 bits per heavy atom. The summed E-state index contributed by atoms with van der Waals surface area (Å²) in [6, 6.07) is 0. The topological polar surface area (TPSA) is 43.4 Å². The molecule has 0 bridgehead atoms. The molecule has 3 nitrogen and oxygen atoms in total. The Balaban J connectivity index is 1.81. The molecular formula is C20H26O3. The smallest absolute Gasteiger partial charge is 0.334 e. The van der Waals surface area contributed by atoms with E-state index in [1.807, 2.05) is 6.92 Å². The second-order valence-electron chi connectivity index (χ2n) is 8.82. The van der Waals surface area contributed by atoms with E-state index in [1.165, 1.54) is 18.4 Å². The van der Waals surface area contributed by atoms with Crippen LogP contribution in [0.3, 0.4) is 0 Å². The molecule has 1 heterocycles. The summed E-state index contributed by atoms with van der Waals surface area (Å²) in [5.74, 6) is 0.539. The normalized spacial score (nSPS) is 39.0. The Morgan fingerprint density at radius 3 is 2.57 bits per heavy atom. The van der Waals surface area contributed by atoms with Gasteiger partial charge in [-0.2, -0.15) is 0 Å². The molecule has 1 aliphatic heterocycles. The van der Waals surface area contributed by atoms with Gasteiger partial charge in [0.15, 0.2) is 5.78 Å². The molecule has 3 atom stereocenters. The van der Waals surface area contributed by atoms with E-state index >= 15 is 0 Å². The molecule has 3 unspecified atom stereocenters. The predicted octanol–water partition coefficient (Wildman–Crippen LogP) is 4.12. The van der Waals surface area contributed by atoms with Crippen LogP contribution in [0.5, 0.6) is 0 Å². The molecule has 0 spiro atoms. The summed E-state index contributed by atoms with van der Waals surface area (Å²) in [4.78, 5) is 24.8. The molecule has 4 rings (SSSR count). The number of allylic oxidation sites excluding steroid dienone is 1. The van der Waals surface area contributed by atoms with E-state index in [2.05, 4.69) is 20.8 Å². The zero-order valence-electron chi connectivity index (χ0n) is 14.6. The second kappa shape index (κ2) is 4.58. The van der Waals surface area contributed by atoms with Gasteiger partial charge in [-0.3, -0.25) is 4.79 Å². The summed E-state index contributed by atoms with van der Waals surface area (Å²) >= 11 is 0. The standard InChI is InChI=1S/C20H26O3/c1-11-12-8-13-14(9-16(12)23-18(11)22)20(4)7-5-6-19(2,3)17(20)10-15(13)21/h16-17H,5-10H2,1-4H3. The van der Waals surface area contributed by atoms with Crippen molar-refractivity contribution in [1.82, 2.24) is 0 Å². The van der Waals surface area contributed by atoms with Crippen molar-refractivity contribution in [3.05, 3.63) is 22.3 Å². The summed E-state index contributed by atoms with van der Waals surface area (Å²) in [5, 5.41) is 0. The Kier molecular flexibility index (Phi) is 3.02. The molecule has 0 aromatic rings. The molecule has 0 N–H and O–H groups in total. The maximum absolute atomic E-state index is 12.9. The summed E-state index contributed by atoms with van der Waals surface area (Å²) in [6.07, 6.45) is 5.51. The number of ether oxygens (including phenoxy) is 1. The highest BCUT2D eigenvalue weighted by Crippen LogP contribution is 2.61. The van der Waals surface area contributed by atoms with Gasteiger partial charge in [0.05, 0.1) is 0 Å². The van der Waals surface area contributed by atoms with Gasteiger partial charge in [0.1, 0.15) is 6.10 Å². The number of fused-ring (bicyclic) bond motifs is 3. The lowest BCUT2D eigenvalue weighted by Crippen LogP contribution is -2.49. The number of hydrogen-bond acceptors (Lipinski definition) is 3. The molecule has 124 valence electrons. The Bertz CT molecular complexity index is 679. The zero-order chi connectivity index (χ0) is 16.6. The number of Topliss-reactive ketones (excluding diaryl/α,β-unsaturated/α-hetero) is 1. The molecule has 3 heteroatoms. The quantitative estimate of drug-likeness (QED) is 0.632. The highest BCUT2D eigenvalue weighted by Gasteiger charge is 2.55. The van der Waals surface area contributed by atoms with Crippen LogP contribution in [0.25, 0.3) is 0 Å². The Hall–Kier alpha value is -1.38. The minimum Gasteiger partial charge on any atom is -0.454 e. The molecule has 0 aromatic heterocycles. The monoisotopic (exact) mass is 314 g/mol. The first-order valence-corrected chi connectivity index (χ1v) is 8.90. The Morgan fingerprint density at radius 1 is 1.09 bits per heavy atom. The third-order valence-corrected chi connectivity index (χ3v) is 7.19. The van der Waals surface area contributed by atoms with Crippen LogP contribution in [0.15, 0.2) is 22.3 Å². The molecule has 0 aromatic carbocycles. The highest BCUT2D eigenvalue weighted by atomic mass is 16.5. The summed E-state index contributed by atoms with van der Waals surface area (Å²) < 4.78 is 5.58. The first kappa shape index (κ1) is 15.2. The summed E-state index contributed by atoms with van der Waals surface area (Å²) in [6.45, 7) is 8.84. The zero-order valence-corrected chi connectivity index (χ0v) is 14.6. The van der Waals surface area contributed by atoms with Gasteiger partial charge in [-0.1, -0.05) is 32.8 Å². The van der Waals surface area contributed by atoms with Crippen LogP contribution >= 0.6 is 0 Å². The van der Waals surface area contributed by atoms with Crippen molar-refractivity contribution < 1.29 is 14.3 Å². The van der Waals surface area contributed by atoms with Crippen LogP contribution < -0.4 is 0 Å². The van der Waals surface area contributed by atoms with Gasteiger partial charge in [-0.05, 0) is 47.7 Å². The molecular weight excluding hydrogens is 288 g/mol. The first-order valence-electron chi connectivity index (χ1n) is 8.90. The molecule has 1 saturated carbocycles. The molecule has 3 aliphatic carbocycles. The maximum Gasteiger partial charge on any atom is 0.334 e. The third-order valence-electron chi connectivity index (χ3n) is 7.19. The number of ketones is 1. The molecule has 4 aliphatic rings. The Labute approximate surface area is 138 Å². The van der Waals surface area contributed by atoms with Crippen LogP contribution in [0.2, 0.25) is 0 Å². The van der Waals surface area contributed by atoms with Gasteiger partial charge < -0.3 is 4.74 Å². The number of hydrogen-bond donors (Lipinski definition) is 0. The average molecular weight is 314 g/mol. The van der Waals surface area contributed by atoms with Crippen LogP contribution in [0.1, 0.15) is 66.2 Å². The van der Waals surface area contributed by atoms with E-state index in [0.29, 0.717) is 24.5 Å². The van der Waals surface area contributed by atoms with Crippen LogP contribution in [0.4, 0.5) is 0 Å². The molecule has 23 heavy (non-hydrogen) atoms. The maximum atomic E-state index is 12.9. The van der Waals surface area contributed by atoms with E-state index < -0.39 is 0 Å². The van der Waals surface area contributed by atoms with Crippen molar-refractivity contribution in [3.63, 3.8) is 0 Å². The fourth-order valence-corrected chi connectivity index (χ4v) is 5.82. The minimum absolute atomic E-state index is 0.0967. The summed E-state index contributed by atoms with van der Waals surface area (Å²) in [5.41, 5.74) is 4.40. The lowest BCUT2D eigenvalue weighted by Gasteiger charge is -2.55. The van der Waals surface area contributed by atoms with E-state index in [1.54, 1.807) is 0 Å². The van der Waals surface area contributed by atoms with Crippen LogP contribution in [-0.2, 0) is 14.3 Å². The van der Waals surface area contributed by atoms with Gasteiger partial charge in [-0.15, -0.1) is 0 Å². The predicted molar refractivity (Wildman–Crippen MR) is 87.7 cm³/mol. The number of carbonyl (C=O) groups is 2. The van der Waals surface area contributed by atoms with Crippen molar-refractivity contribution >= 4 is 11.8 Å². The van der Waals surface area contributed by atoms with E-state index in [0.717, 1.165) is 29.6 Å². The number of rotatable bonds is 0. The van der Waals surface area contributed by atoms with Crippen LogP contribution in [0, 0.1) is 16.7 Å². The SMILES string of the molecule is CC1=C2CC3=C(CC2OC1=O)C1(C)CCCC(C)(C)C1CC3=O. The lowest BCUT2D eigenvalue weighted by molar-refractivity contribution is -0.140. The molecule has 0 saturated heterocycles. The van der Waals surface area contributed by atoms with Crippen molar-refractivity contribution in [2.24, 2.45) is 16.7 Å². The first-order chi connectivity index (χ1) is 10.7. The van der Waals surface area contributed by atoms with Crippen molar-refractivity contribution in [2.75, 3.05) is 0 Å². The largest absolute Gasteiger partial charge is 0.454 e. The fraction of sp³-hybridized carbons (Fsp3) is 0.700. The van der Waals surface area contributed by atoms with E-state index in [4.69, 9.17) is 4.74 Å². The third kappa shape index (κ3) is 1.95. The van der Waals surface area contributed by atoms with Crippen molar-refractivity contribution in [3.8, 4) is 0 Å². The van der Waals surface area contributed by atoms with E-state index in [9.17, 15) is 9.59 Å². The molecule has 1 fully saturated rings. The average Bonchev–Trinajstić information content (AvgIpc) is 2.75. The second-order valence-corrected chi connectivity index (χ2v) is 8.82. The highest BCUT2D eigenvalue weighted by molar-refractivity contribution is 6.00. The number of esters is 1. The lowest BCUT2D eigenvalue weighted by atomic mass is 9.48. The number of carbonyl (C=O) groups excluding carboxylic acids is 2. The van der Waals surface area contributed by atoms with Crippen LogP contribution in [-0.4, -0.2) is 17.9 Å². The van der Waals surface area contributed by atoms with Gasteiger partial charge in [0, 0.05) is 24.8 Å². The van der Waals surface area contributed by atoms with Gasteiger partial charge in [0.25, 0.3) is 0 Å². The van der Waals surface area contributed by atoms with Gasteiger partial charge in [0.2, 0.25) is 0 Å². The minimum atomic E-state index is -0.192. The fourth-order valence-electron chi connectivity index (χ4n) is 5.82. The summed E-state index contributed by atoms with van der Waals surface area (Å²) in [7, 11) is 0. The van der Waals surface area contributed by atoms with E-state index in [-0.39, 0.29) is 22.9 Å². The molecule has 0 amide bonds. The van der Waals surface area contributed by atoms with Crippen molar-refractivity contribution in [2.45, 2.75) is 72.3 Å². The van der Waals surface area contributed by atoms with Gasteiger partial charge in [-0.25, -0.2) is 4.79 Å². The van der Waals surface area contributed by atoms with Gasteiger partial charge >= 0.3 is 5.97 Å². The molecule has 0 radical (unpaired) electrons.